The maximum atomic E-state index is 12.4. The third-order valence-electron chi connectivity index (χ3n) is 3.66. The summed E-state index contributed by atoms with van der Waals surface area (Å²) in [5, 5.41) is 4.03. The molecule has 0 saturated heterocycles. The molecule has 0 aliphatic carbocycles. The zero-order valence-corrected chi connectivity index (χ0v) is 12.4. The first kappa shape index (κ1) is 13.4. The number of carbonyl (C=O) groups is 1. The Balaban J connectivity index is 1.91. The van der Waals surface area contributed by atoms with E-state index in [1.807, 2.05) is 57.2 Å². The van der Waals surface area contributed by atoms with Crippen molar-refractivity contribution in [2.45, 2.75) is 20.8 Å². The maximum Gasteiger partial charge on any atom is 0.272 e. The van der Waals surface area contributed by atoms with E-state index in [0.717, 1.165) is 27.7 Å². The van der Waals surface area contributed by atoms with Crippen molar-refractivity contribution in [1.82, 2.24) is 4.98 Å². The summed E-state index contributed by atoms with van der Waals surface area (Å²) >= 11 is 0. The van der Waals surface area contributed by atoms with Crippen LogP contribution in [0.15, 0.2) is 42.5 Å². The Morgan fingerprint density at radius 1 is 0.952 bits per heavy atom. The van der Waals surface area contributed by atoms with Gasteiger partial charge in [-0.05, 0) is 56.2 Å². The van der Waals surface area contributed by atoms with Gasteiger partial charge in [0.25, 0.3) is 5.91 Å². The summed E-state index contributed by atoms with van der Waals surface area (Å²) in [5.74, 6) is -0.113. The van der Waals surface area contributed by atoms with Crippen molar-refractivity contribution < 1.29 is 4.79 Å². The summed E-state index contributed by atoms with van der Waals surface area (Å²) in [6.45, 7) is 6.05. The van der Waals surface area contributed by atoms with Crippen molar-refractivity contribution in [1.29, 1.82) is 0 Å². The van der Waals surface area contributed by atoms with Crippen LogP contribution in [0.3, 0.4) is 0 Å². The molecular weight excluding hydrogens is 260 g/mol. The van der Waals surface area contributed by atoms with Gasteiger partial charge in [-0.1, -0.05) is 23.8 Å². The molecular formula is C18H18N2O. The van der Waals surface area contributed by atoms with Gasteiger partial charge < -0.3 is 10.3 Å². The van der Waals surface area contributed by atoms with Crippen LogP contribution < -0.4 is 5.32 Å². The van der Waals surface area contributed by atoms with Gasteiger partial charge in [0.15, 0.2) is 0 Å². The topological polar surface area (TPSA) is 44.9 Å². The first-order chi connectivity index (χ1) is 10.0. The molecule has 1 amide bonds. The second-order valence-electron chi connectivity index (χ2n) is 5.55. The lowest BCUT2D eigenvalue weighted by Crippen LogP contribution is -2.13. The zero-order valence-electron chi connectivity index (χ0n) is 12.4. The standard InChI is InChI=1S/C18H18N2O/c1-11-5-7-15-14(8-11)10-17(19-15)18(21)20-16-9-12(2)4-6-13(16)3/h4-10,19H,1-3H3,(H,20,21). The molecule has 3 aromatic rings. The second-order valence-corrected chi connectivity index (χ2v) is 5.55. The summed E-state index contributed by atoms with van der Waals surface area (Å²) in [6, 6.07) is 14.0. The van der Waals surface area contributed by atoms with Gasteiger partial charge in [-0.15, -0.1) is 0 Å². The smallest absolute Gasteiger partial charge is 0.272 e. The fraction of sp³-hybridized carbons (Fsp3) is 0.167. The zero-order chi connectivity index (χ0) is 15.0. The molecule has 3 rings (SSSR count). The van der Waals surface area contributed by atoms with Crippen LogP contribution in [0.1, 0.15) is 27.2 Å². The van der Waals surface area contributed by atoms with Crippen molar-refractivity contribution in [3.8, 4) is 0 Å². The van der Waals surface area contributed by atoms with Crippen molar-refractivity contribution in [2.24, 2.45) is 0 Å². The number of aryl methyl sites for hydroxylation is 3. The molecule has 0 aliphatic rings. The fourth-order valence-corrected chi connectivity index (χ4v) is 2.43. The number of carbonyl (C=O) groups excluding carboxylic acids is 1. The molecule has 106 valence electrons. The highest BCUT2D eigenvalue weighted by molar-refractivity contribution is 6.06. The van der Waals surface area contributed by atoms with Crippen molar-refractivity contribution in [3.63, 3.8) is 0 Å². The quantitative estimate of drug-likeness (QED) is 0.719. The molecule has 2 N–H and O–H groups in total. The van der Waals surface area contributed by atoms with E-state index in [-0.39, 0.29) is 5.91 Å². The first-order valence-corrected chi connectivity index (χ1v) is 7.01. The third kappa shape index (κ3) is 2.68. The van der Waals surface area contributed by atoms with E-state index in [4.69, 9.17) is 0 Å². The van der Waals surface area contributed by atoms with E-state index in [1.165, 1.54) is 5.56 Å². The largest absolute Gasteiger partial charge is 0.351 e. The van der Waals surface area contributed by atoms with E-state index in [1.54, 1.807) is 0 Å². The average Bonchev–Trinajstić information content (AvgIpc) is 2.86. The van der Waals surface area contributed by atoms with E-state index in [0.29, 0.717) is 5.69 Å². The van der Waals surface area contributed by atoms with E-state index >= 15 is 0 Å². The monoisotopic (exact) mass is 278 g/mol. The molecule has 0 aliphatic heterocycles. The molecule has 3 nitrogen and oxygen atoms in total. The Morgan fingerprint density at radius 3 is 2.48 bits per heavy atom. The highest BCUT2D eigenvalue weighted by atomic mass is 16.1. The molecule has 0 saturated carbocycles. The summed E-state index contributed by atoms with van der Waals surface area (Å²) in [6.07, 6.45) is 0. The Bertz CT molecular complexity index is 830. The highest BCUT2D eigenvalue weighted by Crippen LogP contribution is 2.20. The summed E-state index contributed by atoms with van der Waals surface area (Å²) in [7, 11) is 0. The Hall–Kier alpha value is -2.55. The molecule has 0 radical (unpaired) electrons. The molecule has 1 aromatic heterocycles. The Labute approximate surface area is 124 Å². The van der Waals surface area contributed by atoms with Gasteiger partial charge in [-0.3, -0.25) is 4.79 Å². The minimum Gasteiger partial charge on any atom is -0.351 e. The molecule has 21 heavy (non-hydrogen) atoms. The average molecular weight is 278 g/mol. The Kier molecular flexibility index (Phi) is 3.26. The lowest BCUT2D eigenvalue weighted by molar-refractivity contribution is 0.102. The van der Waals surface area contributed by atoms with Gasteiger partial charge in [-0.2, -0.15) is 0 Å². The first-order valence-electron chi connectivity index (χ1n) is 7.01. The molecule has 0 fully saturated rings. The minimum atomic E-state index is -0.113. The number of aromatic amines is 1. The number of hydrogen-bond donors (Lipinski definition) is 2. The number of hydrogen-bond acceptors (Lipinski definition) is 1. The van der Waals surface area contributed by atoms with E-state index in [2.05, 4.69) is 16.4 Å². The molecule has 0 bridgehead atoms. The van der Waals surface area contributed by atoms with Crippen LogP contribution in [0, 0.1) is 20.8 Å². The number of fused-ring (bicyclic) bond motifs is 1. The summed E-state index contributed by atoms with van der Waals surface area (Å²) in [4.78, 5) is 15.6. The molecule has 3 heteroatoms. The minimum absolute atomic E-state index is 0.113. The van der Waals surface area contributed by atoms with Gasteiger partial charge in [-0.25, -0.2) is 0 Å². The molecule has 0 spiro atoms. The number of benzene rings is 2. The number of anilines is 1. The normalized spacial score (nSPS) is 10.8. The van der Waals surface area contributed by atoms with Gasteiger partial charge in [0.1, 0.15) is 5.69 Å². The lowest BCUT2D eigenvalue weighted by Gasteiger charge is -2.08. The van der Waals surface area contributed by atoms with Crippen LogP contribution in [0.4, 0.5) is 5.69 Å². The summed E-state index contributed by atoms with van der Waals surface area (Å²) in [5.41, 5.74) is 5.78. The van der Waals surface area contributed by atoms with Crippen LogP contribution in [-0.4, -0.2) is 10.9 Å². The van der Waals surface area contributed by atoms with Crippen LogP contribution in [-0.2, 0) is 0 Å². The van der Waals surface area contributed by atoms with Crippen molar-refractivity contribution >= 4 is 22.5 Å². The number of nitrogens with one attached hydrogen (secondary N) is 2. The lowest BCUT2D eigenvalue weighted by atomic mass is 10.1. The van der Waals surface area contributed by atoms with Crippen LogP contribution in [0.25, 0.3) is 10.9 Å². The number of rotatable bonds is 2. The maximum absolute atomic E-state index is 12.4. The SMILES string of the molecule is Cc1ccc(C)c(NC(=O)c2cc3cc(C)ccc3[nH]2)c1. The van der Waals surface area contributed by atoms with E-state index in [9.17, 15) is 4.79 Å². The number of amides is 1. The van der Waals surface area contributed by atoms with Gasteiger partial charge in [0.2, 0.25) is 0 Å². The van der Waals surface area contributed by atoms with Gasteiger partial charge >= 0.3 is 0 Å². The fourth-order valence-electron chi connectivity index (χ4n) is 2.43. The van der Waals surface area contributed by atoms with Gasteiger partial charge in [0.05, 0.1) is 0 Å². The molecule has 1 heterocycles. The third-order valence-corrected chi connectivity index (χ3v) is 3.66. The van der Waals surface area contributed by atoms with Crippen molar-refractivity contribution in [3.05, 3.63) is 64.8 Å². The summed E-state index contributed by atoms with van der Waals surface area (Å²) < 4.78 is 0. The van der Waals surface area contributed by atoms with E-state index < -0.39 is 0 Å². The molecule has 2 aromatic carbocycles. The molecule has 0 unspecified atom stereocenters. The van der Waals surface area contributed by atoms with Crippen LogP contribution in [0.2, 0.25) is 0 Å². The highest BCUT2D eigenvalue weighted by Gasteiger charge is 2.11. The molecule has 0 atom stereocenters. The Morgan fingerprint density at radius 2 is 1.67 bits per heavy atom. The van der Waals surface area contributed by atoms with Crippen LogP contribution in [0.5, 0.6) is 0 Å². The van der Waals surface area contributed by atoms with Crippen molar-refractivity contribution in [2.75, 3.05) is 5.32 Å². The second kappa shape index (κ2) is 5.09. The predicted octanol–water partition coefficient (Wildman–Crippen LogP) is 4.35. The number of aromatic nitrogens is 1. The van der Waals surface area contributed by atoms with Crippen LogP contribution >= 0.6 is 0 Å². The predicted molar refractivity (Wildman–Crippen MR) is 86.9 cm³/mol. The van der Waals surface area contributed by atoms with Gasteiger partial charge in [0, 0.05) is 16.6 Å². The number of H-pyrrole nitrogens is 1.